The highest BCUT2D eigenvalue weighted by Crippen LogP contribution is 2.25. The normalized spacial score (nSPS) is 15.6. The number of carbonyl (C=O) groups is 2. The molecule has 0 unspecified atom stereocenters. The SMILES string of the molecule is C=CC(=O)N1CC(F)(C(=O)NCCOc2ccc(F)cc2)C1. The number of halogens is 2. The van der Waals surface area contributed by atoms with Gasteiger partial charge in [0.1, 0.15) is 18.2 Å². The van der Waals surface area contributed by atoms with Gasteiger partial charge in [0.15, 0.2) is 0 Å². The number of nitrogens with one attached hydrogen (secondary N) is 1. The summed E-state index contributed by atoms with van der Waals surface area (Å²) in [6, 6.07) is 5.42. The first-order valence-electron chi connectivity index (χ1n) is 6.71. The number of nitrogens with zero attached hydrogens (tertiary/aromatic N) is 1. The number of carbonyl (C=O) groups excluding carboxylic acids is 2. The van der Waals surface area contributed by atoms with Crippen molar-refractivity contribution in [3.63, 3.8) is 0 Å². The van der Waals surface area contributed by atoms with Gasteiger partial charge < -0.3 is 15.0 Å². The second-order valence-electron chi connectivity index (χ2n) is 4.92. The van der Waals surface area contributed by atoms with Gasteiger partial charge in [0.2, 0.25) is 11.6 Å². The summed E-state index contributed by atoms with van der Waals surface area (Å²) < 4.78 is 32.1. The molecular formula is C15H16F2N2O3. The van der Waals surface area contributed by atoms with Crippen molar-refractivity contribution in [2.45, 2.75) is 5.67 Å². The van der Waals surface area contributed by atoms with E-state index in [4.69, 9.17) is 4.74 Å². The summed E-state index contributed by atoms with van der Waals surface area (Å²) >= 11 is 0. The third-order valence-electron chi connectivity index (χ3n) is 3.25. The molecule has 0 aliphatic carbocycles. The van der Waals surface area contributed by atoms with E-state index in [0.717, 1.165) is 6.08 Å². The minimum atomic E-state index is -2.06. The van der Waals surface area contributed by atoms with E-state index in [-0.39, 0.29) is 32.1 Å². The largest absolute Gasteiger partial charge is 0.492 e. The van der Waals surface area contributed by atoms with E-state index in [0.29, 0.717) is 5.75 Å². The number of alkyl halides is 1. The number of hydrogen-bond donors (Lipinski definition) is 1. The van der Waals surface area contributed by atoms with Gasteiger partial charge in [-0.1, -0.05) is 6.58 Å². The van der Waals surface area contributed by atoms with Crippen molar-refractivity contribution in [3.8, 4) is 5.75 Å². The van der Waals surface area contributed by atoms with Crippen LogP contribution in [0.2, 0.25) is 0 Å². The van der Waals surface area contributed by atoms with E-state index in [1.807, 2.05) is 0 Å². The monoisotopic (exact) mass is 310 g/mol. The van der Waals surface area contributed by atoms with Crippen LogP contribution in [0.1, 0.15) is 0 Å². The van der Waals surface area contributed by atoms with Crippen LogP contribution in [0, 0.1) is 5.82 Å². The lowest BCUT2D eigenvalue weighted by molar-refractivity contribution is -0.153. The zero-order valence-electron chi connectivity index (χ0n) is 11.9. The molecular weight excluding hydrogens is 294 g/mol. The van der Waals surface area contributed by atoms with Crippen molar-refractivity contribution < 1.29 is 23.1 Å². The summed E-state index contributed by atoms with van der Waals surface area (Å²) in [4.78, 5) is 24.1. The van der Waals surface area contributed by atoms with Gasteiger partial charge in [0.25, 0.3) is 5.91 Å². The highest BCUT2D eigenvalue weighted by molar-refractivity contribution is 5.93. The second kappa shape index (κ2) is 6.55. The lowest BCUT2D eigenvalue weighted by Gasteiger charge is -2.42. The molecule has 1 aliphatic heterocycles. The molecule has 118 valence electrons. The summed E-state index contributed by atoms with van der Waals surface area (Å²) in [6.45, 7) is 2.98. The Kier molecular flexibility index (Phi) is 4.75. The Bertz CT molecular complexity index is 569. The standard InChI is InChI=1S/C15H16F2N2O3/c1-2-13(20)19-9-15(17,10-19)14(21)18-7-8-22-12-5-3-11(16)4-6-12/h2-6H,1,7-10H2,(H,18,21). The van der Waals surface area contributed by atoms with Crippen molar-refractivity contribution in [3.05, 3.63) is 42.7 Å². The van der Waals surface area contributed by atoms with E-state index in [1.165, 1.54) is 29.2 Å². The Morgan fingerprint density at radius 2 is 2.00 bits per heavy atom. The maximum Gasteiger partial charge on any atom is 0.261 e. The summed E-state index contributed by atoms with van der Waals surface area (Å²) in [5.74, 6) is -1.09. The van der Waals surface area contributed by atoms with Crippen LogP contribution in [-0.4, -0.2) is 48.6 Å². The van der Waals surface area contributed by atoms with Crippen LogP contribution in [0.5, 0.6) is 5.75 Å². The van der Waals surface area contributed by atoms with Gasteiger partial charge >= 0.3 is 0 Å². The van der Waals surface area contributed by atoms with Gasteiger partial charge in [-0.3, -0.25) is 9.59 Å². The molecule has 2 rings (SSSR count). The average Bonchev–Trinajstić information content (AvgIpc) is 2.49. The van der Waals surface area contributed by atoms with Crippen molar-refractivity contribution in [2.75, 3.05) is 26.2 Å². The predicted octanol–water partition coefficient (Wildman–Crippen LogP) is 1.06. The first-order chi connectivity index (χ1) is 10.4. The maximum atomic E-state index is 14.1. The smallest absolute Gasteiger partial charge is 0.261 e. The Morgan fingerprint density at radius 3 is 2.59 bits per heavy atom. The fourth-order valence-corrected chi connectivity index (χ4v) is 2.01. The van der Waals surface area contributed by atoms with Crippen LogP contribution >= 0.6 is 0 Å². The molecule has 1 saturated heterocycles. The fraction of sp³-hybridized carbons (Fsp3) is 0.333. The molecule has 0 bridgehead atoms. The summed E-state index contributed by atoms with van der Waals surface area (Å²) in [7, 11) is 0. The Morgan fingerprint density at radius 1 is 1.36 bits per heavy atom. The molecule has 7 heteroatoms. The molecule has 0 aromatic heterocycles. The molecule has 0 radical (unpaired) electrons. The minimum Gasteiger partial charge on any atom is -0.492 e. The molecule has 0 spiro atoms. The van der Waals surface area contributed by atoms with Crippen LogP contribution in [0.4, 0.5) is 8.78 Å². The number of benzene rings is 1. The average molecular weight is 310 g/mol. The van der Waals surface area contributed by atoms with Gasteiger partial charge in [0.05, 0.1) is 19.6 Å². The molecule has 5 nitrogen and oxygen atoms in total. The van der Waals surface area contributed by atoms with E-state index >= 15 is 0 Å². The number of hydrogen-bond acceptors (Lipinski definition) is 3. The quantitative estimate of drug-likeness (QED) is 0.631. The molecule has 1 aromatic carbocycles. The molecule has 1 heterocycles. The number of amides is 2. The van der Waals surface area contributed by atoms with E-state index in [9.17, 15) is 18.4 Å². The van der Waals surface area contributed by atoms with E-state index in [2.05, 4.69) is 11.9 Å². The Balaban J connectivity index is 1.69. The highest BCUT2D eigenvalue weighted by Gasteiger charge is 2.51. The number of likely N-dealkylation sites (tertiary alicyclic amines) is 1. The van der Waals surface area contributed by atoms with Crippen LogP contribution in [0.25, 0.3) is 0 Å². The van der Waals surface area contributed by atoms with Crippen molar-refractivity contribution >= 4 is 11.8 Å². The van der Waals surface area contributed by atoms with Crippen molar-refractivity contribution in [1.29, 1.82) is 0 Å². The maximum absolute atomic E-state index is 14.1. The molecule has 22 heavy (non-hydrogen) atoms. The summed E-state index contributed by atoms with van der Waals surface area (Å²) in [5.41, 5.74) is -2.06. The van der Waals surface area contributed by atoms with Crippen molar-refractivity contribution in [1.82, 2.24) is 10.2 Å². The van der Waals surface area contributed by atoms with Gasteiger partial charge in [0, 0.05) is 0 Å². The first-order valence-corrected chi connectivity index (χ1v) is 6.71. The molecule has 0 atom stereocenters. The third kappa shape index (κ3) is 3.60. The third-order valence-corrected chi connectivity index (χ3v) is 3.25. The first kappa shape index (κ1) is 15.9. The minimum absolute atomic E-state index is 0.108. The molecule has 1 fully saturated rings. The lowest BCUT2D eigenvalue weighted by Crippen LogP contribution is -2.67. The summed E-state index contributed by atoms with van der Waals surface area (Å²) in [6.07, 6.45) is 1.08. The fourth-order valence-electron chi connectivity index (χ4n) is 2.01. The van der Waals surface area contributed by atoms with Crippen LogP contribution in [-0.2, 0) is 9.59 Å². The summed E-state index contributed by atoms with van der Waals surface area (Å²) in [5, 5.41) is 2.41. The topological polar surface area (TPSA) is 58.6 Å². The Labute approximate surface area is 126 Å². The van der Waals surface area contributed by atoms with Gasteiger partial charge in [-0.2, -0.15) is 0 Å². The number of rotatable bonds is 6. The van der Waals surface area contributed by atoms with Gasteiger partial charge in [-0.05, 0) is 30.3 Å². The van der Waals surface area contributed by atoms with Gasteiger partial charge in [-0.25, -0.2) is 8.78 Å². The number of ether oxygens (including phenoxy) is 1. The molecule has 1 aromatic rings. The molecule has 1 N–H and O–H groups in total. The van der Waals surface area contributed by atoms with E-state index < -0.39 is 17.5 Å². The highest BCUT2D eigenvalue weighted by atomic mass is 19.1. The molecule has 1 aliphatic rings. The van der Waals surface area contributed by atoms with Crippen LogP contribution < -0.4 is 10.1 Å². The Hall–Kier alpha value is -2.44. The second-order valence-corrected chi connectivity index (χ2v) is 4.92. The van der Waals surface area contributed by atoms with Crippen LogP contribution in [0.15, 0.2) is 36.9 Å². The van der Waals surface area contributed by atoms with Gasteiger partial charge in [-0.15, -0.1) is 0 Å². The zero-order valence-corrected chi connectivity index (χ0v) is 11.9. The van der Waals surface area contributed by atoms with Crippen molar-refractivity contribution in [2.24, 2.45) is 0 Å². The van der Waals surface area contributed by atoms with E-state index in [1.54, 1.807) is 0 Å². The predicted molar refractivity (Wildman–Crippen MR) is 75.5 cm³/mol. The zero-order chi connectivity index (χ0) is 16.2. The lowest BCUT2D eigenvalue weighted by atomic mass is 9.95. The molecule has 0 saturated carbocycles. The molecule has 2 amide bonds. The van der Waals surface area contributed by atoms with Crippen LogP contribution in [0.3, 0.4) is 0 Å².